The number of urea groups is 2. The molecule has 0 saturated heterocycles. The third kappa shape index (κ3) is 3.81. The number of halogens is 1. The molecule has 0 unspecified atom stereocenters. The van der Waals surface area contributed by atoms with E-state index >= 15 is 0 Å². The van der Waals surface area contributed by atoms with Gasteiger partial charge in [-0.15, -0.1) is 0 Å². The zero-order valence-corrected chi connectivity index (χ0v) is 15.2. The summed E-state index contributed by atoms with van der Waals surface area (Å²) >= 11 is 6.56. The fourth-order valence-electron chi connectivity index (χ4n) is 2.36. The molecule has 0 atom stereocenters. The summed E-state index contributed by atoms with van der Waals surface area (Å²) in [6, 6.07) is 8.07. The van der Waals surface area contributed by atoms with Gasteiger partial charge in [-0.2, -0.15) is 10.5 Å². The highest BCUT2D eigenvalue weighted by Gasteiger charge is 2.38. The minimum atomic E-state index is -1.05. The maximum Gasteiger partial charge on any atom is 0.334 e. The van der Waals surface area contributed by atoms with Gasteiger partial charge in [-0.05, 0) is 29.5 Å². The molecule has 0 bridgehead atoms. The van der Waals surface area contributed by atoms with Crippen molar-refractivity contribution in [3.8, 4) is 12.1 Å². The Morgan fingerprint density at radius 2 is 1.37 bits per heavy atom. The second-order valence-corrected chi connectivity index (χ2v) is 6.58. The van der Waals surface area contributed by atoms with Crippen LogP contribution in [0.15, 0.2) is 45.5 Å². The Hall–Kier alpha value is -3.22. The number of amides is 4. The van der Waals surface area contributed by atoms with Crippen LogP contribution in [0, 0.1) is 22.7 Å². The smallest absolute Gasteiger partial charge is 0.334 e. The van der Waals surface area contributed by atoms with Crippen LogP contribution in [0.5, 0.6) is 0 Å². The van der Waals surface area contributed by atoms with E-state index in [1.54, 1.807) is 24.3 Å². The lowest BCUT2D eigenvalue weighted by molar-refractivity contribution is 0.223. The summed E-state index contributed by atoms with van der Waals surface area (Å²) in [5, 5.41) is 20.7. The number of hydrazine groups is 2. The molecular weight excluding hydrogens is 392 g/mol. The second-order valence-electron chi connectivity index (χ2n) is 5.16. The van der Waals surface area contributed by atoms with E-state index in [1.165, 1.54) is 0 Å². The fraction of sp³-hybridized carbons (Fsp3) is 0.0667. The number of allylic oxidation sites excluding steroid dienone is 2. The Labute approximate surface area is 163 Å². The molecule has 0 saturated carbocycles. The number of thioether (sulfide) groups is 1. The number of carbonyl (C=O) groups is 2. The maximum absolute atomic E-state index is 11.5. The molecule has 0 spiro atoms. The van der Waals surface area contributed by atoms with Crippen LogP contribution >= 0.6 is 23.4 Å². The minimum absolute atomic E-state index is 0.0261. The highest BCUT2D eigenvalue weighted by molar-refractivity contribution is 8.06. The molecule has 1 aliphatic heterocycles. The van der Waals surface area contributed by atoms with Gasteiger partial charge in [0.25, 0.3) is 0 Å². The van der Waals surface area contributed by atoms with E-state index in [0.29, 0.717) is 32.4 Å². The van der Waals surface area contributed by atoms with Gasteiger partial charge in [0.05, 0.1) is 29.2 Å². The van der Waals surface area contributed by atoms with Gasteiger partial charge < -0.3 is 11.5 Å². The standard InChI is InChI=1S/C15H13ClN8O2S/c16-8-3-1-7(2-4-8)11-9(5-17)12(23(21)14(19)25)27-13(10(11)6-18)24(22)15(20)26/h1-4,11H,21-22H2,(H2,19,25)(H2,20,26). The first-order valence-corrected chi connectivity index (χ1v) is 8.32. The van der Waals surface area contributed by atoms with Crippen LogP contribution in [0.3, 0.4) is 0 Å². The third-order valence-electron chi connectivity index (χ3n) is 3.59. The number of nitrogens with two attached hydrogens (primary N) is 4. The summed E-state index contributed by atoms with van der Waals surface area (Å²) in [5.41, 5.74) is 10.8. The van der Waals surface area contributed by atoms with Crippen LogP contribution in [0.2, 0.25) is 5.02 Å². The quantitative estimate of drug-likeness (QED) is 0.329. The predicted octanol–water partition coefficient (Wildman–Crippen LogP) is 1.15. The van der Waals surface area contributed by atoms with Crippen molar-refractivity contribution in [1.82, 2.24) is 10.0 Å². The minimum Gasteiger partial charge on any atom is -0.350 e. The lowest BCUT2D eigenvalue weighted by atomic mass is 9.85. The topological polar surface area (TPSA) is 192 Å². The molecule has 8 N–H and O–H groups in total. The van der Waals surface area contributed by atoms with Crippen molar-refractivity contribution in [3.05, 3.63) is 56.1 Å². The van der Waals surface area contributed by atoms with E-state index in [1.807, 2.05) is 12.1 Å². The third-order valence-corrected chi connectivity index (χ3v) is 5.06. The van der Waals surface area contributed by atoms with Crippen molar-refractivity contribution in [3.63, 3.8) is 0 Å². The number of hydrogen-bond acceptors (Lipinski definition) is 7. The highest BCUT2D eigenvalue weighted by atomic mass is 35.5. The van der Waals surface area contributed by atoms with Gasteiger partial charge in [-0.1, -0.05) is 23.7 Å². The SMILES string of the molecule is N#CC1=C(N(N)C(N)=O)SC(N(N)C(N)=O)=C(C#N)C1c1ccc(Cl)cc1. The van der Waals surface area contributed by atoms with E-state index < -0.39 is 18.0 Å². The number of nitriles is 2. The molecule has 138 valence electrons. The van der Waals surface area contributed by atoms with Crippen molar-refractivity contribution < 1.29 is 9.59 Å². The first kappa shape index (κ1) is 20.1. The van der Waals surface area contributed by atoms with E-state index in [0.717, 1.165) is 0 Å². The summed E-state index contributed by atoms with van der Waals surface area (Å²) in [7, 11) is 0. The molecule has 27 heavy (non-hydrogen) atoms. The molecule has 1 aromatic rings. The number of hydrogen-bond donors (Lipinski definition) is 4. The number of primary amides is 2. The van der Waals surface area contributed by atoms with Gasteiger partial charge in [-0.25, -0.2) is 31.3 Å². The summed E-state index contributed by atoms with van der Waals surface area (Å²) in [5.74, 6) is 10.4. The average Bonchev–Trinajstić information content (AvgIpc) is 2.65. The number of rotatable bonds is 3. The molecule has 2 rings (SSSR count). The molecule has 0 radical (unpaired) electrons. The molecule has 0 aliphatic carbocycles. The van der Waals surface area contributed by atoms with Gasteiger partial charge in [0.2, 0.25) is 0 Å². The van der Waals surface area contributed by atoms with Gasteiger partial charge in [0.15, 0.2) is 0 Å². The van der Waals surface area contributed by atoms with Crippen molar-refractivity contribution >= 4 is 35.4 Å². The Morgan fingerprint density at radius 3 is 1.70 bits per heavy atom. The van der Waals surface area contributed by atoms with E-state index in [2.05, 4.69) is 0 Å². The first-order valence-electron chi connectivity index (χ1n) is 7.13. The molecule has 0 aromatic heterocycles. The van der Waals surface area contributed by atoms with E-state index in [9.17, 15) is 20.1 Å². The van der Waals surface area contributed by atoms with Crippen LogP contribution in [0.25, 0.3) is 0 Å². The van der Waals surface area contributed by atoms with Crippen LogP contribution < -0.4 is 23.2 Å². The Balaban J connectivity index is 2.80. The molecule has 0 fully saturated rings. The molecule has 1 aromatic carbocycles. The summed E-state index contributed by atoms with van der Waals surface area (Å²) in [6.07, 6.45) is 0. The van der Waals surface area contributed by atoms with Gasteiger partial charge in [0, 0.05) is 5.02 Å². The molecular formula is C15H13ClN8O2S. The monoisotopic (exact) mass is 404 g/mol. The van der Waals surface area contributed by atoms with E-state index in [-0.39, 0.29) is 21.2 Å². The number of nitrogens with zero attached hydrogens (tertiary/aromatic N) is 4. The van der Waals surface area contributed by atoms with Gasteiger partial charge in [0.1, 0.15) is 10.1 Å². The normalized spacial score (nSPS) is 14.4. The molecule has 12 heteroatoms. The summed E-state index contributed by atoms with van der Waals surface area (Å²) in [4.78, 5) is 23.1. The maximum atomic E-state index is 11.5. The molecule has 1 heterocycles. The van der Waals surface area contributed by atoms with E-state index in [4.69, 9.17) is 34.8 Å². The van der Waals surface area contributed by atoms with Crippen LogP contribution in [0.4, 0.5) is 9.59 Å². The van der Waals surface area contributed by atoms with Crippen LogP contribution in [-0.2, 0) is 0 Å². The Morgan fingerprint density at radius 1 is 0.963 bits per heavy atom. The second kappa shape index (κ2) is 7.99. The van der Waals surface area contributed by atoms with Crippen molar-refractivity contribution in [2.45, 2.75) is 5.92 Å². The highest BCUT2D eigenvalue weighted by Crippen LogP contribution is 2.47. The Kier molecular flexibility index (Phi) is 5.95. The zero-order chi connectivity index (χ0) is 20.3. The average molecular weight is 405 g/mol. The summed E-state index contributed by atoms with van der Waals surface area (Å²) < 4.78 is 0. The number of carbonyl (C=O) groups excluding carboxylic acids is 2. The lowest BCUT2D eigenvalue weighted by Gasteiger charge is -2.31. The van der Waals surface area contributed by atoms with Gasteiger partial charge in [-0.3, -0.25) is 0 Å². The van der Waals surface area contributed by atoms with Crippen LogP contribution in [-0.4, -0.2) is 22.1 Å². The van der Waals surface area contributed by atoms with Crippen molar-refractivity contribution in [1.29, 1.82) is 10.5 Å². The molecule has 4 amide bonds. The van der Waals surface area contributed by atoms with Gasteiger partial charge >= 0.3 is 12.1 Å². The van der Waals surface area contributed by atoms with Crippen molar-refractivity contribution in [2.75, 3.05) is 0 Å². The van der Waals surface area contributed by atoms with Crippen LogP contribution in [0.1, 0.15) is 11.5 Å². The lowest BCUT2D eigenvalue weighted by Crippen LogP contribution is -2.44. The fourth-order valence-corrected chi connectivity index (χ4v) is 3.60. The molecule has 1 aliphatic rings. The molecule has 10 nitrogen and oxygen atoms in total. The summed E-state index contributed by atoms with van der Waals surface area (Å²) in [6.45, 7) is 0. The predicted molar refractivity (Wildman–Crippen MR) is 98.3 cm³/mol. The largest absolute Gasteiger partial charge is 0.350 e. The van der Waals surface area contributed by atoms with Crippen molar-refractivity contribution in [2.24, 2.45) is 23.2 Å². The Bertz CT molecular complexity index is 890. The number of benzene rings is 1. The first-order chi connectivity index (χ1) is 12.7. The zero-order valence-electron chi connectivity index (χ0n) is 13.6.